The van der Waals surface area contributed by atoms with E-state index in [1.165, 1.54) is 0 Å². The summed E-state index contributed by atoms with van der Waals surface area (Å²) in [5.74, 6) is 0.537. The third-order valence-corrected chi connectivity index (χ3v) is 0.553. The zero-order valence-corrected chi connectivity index (χ0v) is 4.49. The summed E-state index contributed by atoms with van der Waals surface area (Å²) in [5, 5.41) is 3.00. The molecule has 0 fully saturated rings. The van der Waals surface area contributed by atoms with Crippen molar-refractivity contribution in [2.75, 3.05) is 13.6 Å². The predicted octanol–water partition coefficient (Wildman–Crippen LogP) is 0.676. The van der Waals surface area contributed by atoms with Crippen LogP contribution in [0.25, 0.3) is 0 Å². The maximum Gasteiger partial charge on any atom is -0.00262 e. The van der Waals surface area contributed by atoms with Crippen molar-refractivity contribution in [1.29, 1.82) is 0 Å². The minimum absolute atomic E-state index is 0.537. The molecule has 0 unspecified atom stereocenters. The first kappa shape index (κ1) is 5.96. The monoisotopic (exact) mass is 86.1 g/mol. The van der Waals surface area contributed by atoms with Crippen molar-refractivity contribution in [1.82, 2.24) is 5.32 Å². The fraction of sp³-hybridized carbons (Fsp3) is 0.800. The Labute approximate surface area is 39.7 Å². The summed E-state index contributed by atoms with van der Waals surface area (Å²) < 4.78 is 0. The molecule has 0 saturated carbocycles. The summed E-state index contributed by atoms with van der Waals surface area (Å²) in [5.41, 5.74) is 0. The molecule has 0 saturated heterocycles. The van der Waals surface area contributed by atoms with Crippen molar-refractivity contribution in [2.45, 2.75) is 6.92 Å². The first-order chi connectivity index (χ1) is 2.77. The van der Waals surface area contributed by atoms with Gasteiger partial charge in [-0.25, -0.2) is 0 Å². The van der Waals surface area contributed by atoms with Crippen LogP contribution in [0.15, 0.2) is 0 Å². The second-order valence-electron chi connectivity index (χ2n) is 1.66. The molecule has 0 aliphatic carbocycles. The fourth-order valence-corrected chi connectivity index (χ4v) is 0.348. The average Bonchev–Trinajstić information content (AvgIpc) is 1.35. The van der Waals surface area contributed by atoms with E-state index in [1.54, 1.807) is 0 Å². The maximum absolute atomic E-state index is 3.77. The van der Waals surface area contributed by atoms with Gasteiger partial charge in [0.15, 0.2) is 0 Å². The molecule has 0 aliphatic heterocycles. The van der Waals surface area contributed by atoms with Crippen molar-refractivity contribution in [3.8, 4) is 0 Å². The van der Waals surface area contributed by atoms with Gasteiger partial charge in [0.05, 0.1) is 0 Å². The topological polar surface area (TPSA) is 12.0 Å². The summed E-state index contributed by atoms with van der Waals surface area (Å²) >= 11 is 0. The van der Waals surface area contributed by atoms with Crippen LogP contribution >= 0.6 is 0 Å². The van der Waals surface area contributed by atoms with Crippen LogP contribution in [0, 0.1) is 12.8 Å². The summed E-state index contributed by atoms with van der Waals surface area (Å²) in [4.78, 5) is 0. The van der Waals surface area contributed by atoms with Crippen LogP contribution < -0.4 is 5.32 Å². The maximum atomic E-state index is 3.77. The van der Waals surface area contributed by atoms with Gasteiger partial charge in [-0.3, -0.25) is 0 Å². The number of nitrogens with one attached hydrogen (secondary N) is 1. The van der Waals surface area contributed by atoms with Gasteiger partial charge in [0.25, 0.3) is 0 Å². The molecule has 1 heteroatoms. The molecule has 0 amide bonds. The predicted molar refractivity (Wildman–Crippen MR) is 28.4 cm³/mol. The van der Waals surface area contributed by atoms with Crippen LogP contribution in [0.3, 0.4) is 0 Å². The average molecular weight is 86.2 g/mol. The second kappa shape index (κ2) is 3.16. The standard InChI is InChI=1S/C5H12N/c1-5(2)4-6-3/h5-6H,1,4H2,2-3H3/t5-/m1/s1. The molecule has 0 spiro atoms. The van der Waals surface area contributed by atoms with Crippen LogP contribution in [0.5, 0.6) is 0 Å². The van der Waals surface area contributed by atoms with E-state index in [0.29, 0.717) is 5.92 Å². The quantitative estimate of drug-likeness (QED) is 0.521. The Morgan fingerprint density at radius 3 is 2.33 bits per heavy atom. The van der Waals surface area contributed by atoms with Gasteiger partial charge in [-0.2, -0.15) is 0 Å². The summed E-state index contributed by atoms with van der Waals surface area (Å²) in [6, 6.07) is 0. The minimum atomic E-state index is 0.537. The largest absolute Gasteiger partial charge is 0.319 e. The van der Waals surface area contributed by atoms with Gasteiger partial charge in [-0.1, -0.05) is 6.92 Å². The number of hydrogen-bond donors (Lipinski definition) is 1. The lowest BCUT2D eigenvalue weighted by atomic mass is 10.2. The summed E-state index contributed by atoms with van der Waals surface area (Å²) in [6.45, 7) is 6.86. The van der Waals surface area contributed by atoms with Gasteiger partial charge in [0.2, 0.25) is 0 Å². The van der Waals surface area contributed by atoms with Gasteiger partial charge >= 0.3 is 0 Å². The van der Waals surface area contributed by atoms with Crippen molar-refractivity contribution in [3.63, 3.8) is 0 Å². The van der Waals surface area contributed by atoms with Crippen LogP contribution in [0.2, 0.25) is 0 Å². The molecule has 0 rings (SSSR count). The third-order valence-electron chi connectivity index (χ3n) is 0.553. The van der Waals surface area contributed by atoms with Crippen molar-refractivity contribution in [3.05, 3.63) is 6.92 Å². The van der Waals surface area contributed by atoms with Gasteiger partial charge in [0.1, 0.15) is 0 Å². The molecule has 6 heavy (non-hydrogen) atoms. The van der Waals surface area contributed by atoms with Crippen LogP contribution in [-0.4, -0.2) is 13.6 Å². The van der Waals surface area contributed by atoms with E-state index in [4.69, 9.17) is 0 Å². The van der Waals surface area contributed by atoms with E-state index in [1.807, 2.05) is 7.05 Å². The Balaban J connectivity index is 2.63. The molecular weight excluding hydrogens is 74.1 g/mol. The Bertz CT molecular complexity index is 25.1. The second-order valence-corrected chi connectivity index (χ2v) is 1.66. The van der Waals surface area contributed by atoms with Crippen molar-refractivity contribution >= 4 is 0 Å². The molecule has 37 valence electrons. The van der Waals surface area contributed by atoms with Gasteiger partial charge in [-0.05, 0) is 26.4 Å². The molecule has 1 nitrogen and oxygen atoms in total. The Morgan fingerprint density at radius 1 is 1.83 bits per heavy atom. The minimum Gasteiger partial charge on any atom is -0.319 e. The molecule has 0 heterocycles. The number of hydrogen-bond acceptors (Lipinski definition) is 1. The highest BCUT2D eigenvalue weighted by Gasteiger charge is 1.84. The Morgan fingerprint density at radius 2 is 2.33 bits per heavy atom. The highest BCUT2D eigenvalue weighted by atomic mass is 14.8. The van der Waals surface area contributed by atoms with Crippen LogP contribution in [0.4, 0.5) is 0 Å². The lowest BCUT2D eigenvalue weighted by molar-refractivity contribution is 0.647. The first-order valence-electron chi connectivity index (χ1n) is 2.25. The Kier molecular flexibility index (Phi) is 3.14. The van der Waals surface area contributed by atoms with E-state index in [-0.39, 0.29) is 0 Å². The molecule has 0 aliphatic rings. The SMILES string of the molecule is [CH2][C@H](C)CNC. The van der Waals surface area contributed by atoms with Gasteiger partial charge in [0, 0.05) is 0 Å². The third kappa shape index (κ3) is 3.96. The van der Waals surface area contributed by atoms with Crippen molar-refractivity contribution < 1.29 is 0 Å². The zero-order chi connectivity index (χ0) is 4.99. The van der Waals surface area contributed by atoms with E-state index in [9.17, 15) is 0 Å². The smallest absolute Gasteiger partial charge is 0.00262 e. The number of rotatable bonds is 2. The van der Waals surface area contributed by atoms with E-state index in [2.05, 4.69) is 19.2 Å². The zero-order valence-electron chi connectivity index (χ0n) is 4.49. The summed E-state index contributed by atoms with van der Waals surface area (Å²) in [7, 11) is 1.93. The lowest BCUT2D eigenvalue weighted by Gasteiger charge is -1.98. The molecular formula is C5H12N. The molecule has 0 aromatic rings. The van der Waals surface area contributed by atoms with Gasteiger partial charge in [-0.15, -0.1) is 0 Å². The highest BCUT2D eigenvalue weighted by Crippen LogP contribution is 1.82. The molecule has 1 atom stereocenters. The van der Waals surface area contributed by atoms with Crippen molar-refractivity contribution in [2.24, 2.45) is 5.92 Å². The highest BCUT2D eigenvalue weighted by molar-refractivity contribution is 4.53. The fourth-order valence-electron chi connectivity index (χ4n) is 0.348. The van der Waals surface area contributed by atoms with Crippen LogP contribution in [0.1, 0.15) is 6.92 Å². The van der Waals surface area contributed by atoms with E-state index < -0.39 is 0 Å². The van der Waals surface area contributed by atoms with Gasteiger partial charge < -0.3 is 5.32 Å². The van der Waals surface area contributed by atoms with E-state index >= 15 is 0 Å². The lowest BCUT2D eigenvalue weighted by Crippen LogP contribution is -2.13. The molecule has 1 radical (unpaired) electrons. The normalized spacial score (nSPS) is 10.0. The molecule has 0 aromatic heterocycles. The molecule has 1 N–H and O–H groups in total. The first-order valence-corrected chi connectivity index (χ1v) is 2.25. The van der Waals surface area contributed by atoms with E-state index in [0.717, 1.165) is 6.54 Å². The molecule has 0 bridgehead atoms. The summed E-state index contributed by atoms with van der Waals surface area (Å²) in [6.07, 6.45) is 0. The molecule has 0 aromatic carbocycles. The Hall–Kier alpha value is -0.0400. The van der Waals surface area contributed by atoms with Crippen LogP contribution in [-0.2, 0) is 0 Å².